The first-order valence-electron chi connectivity index (χ1n) is 6.03. The Morgan fingerprint density at radius 2 is 2.39 bits per heavy atom. The number of rotatable bonds is 3. The third-order valence-corrected chi connectivity index (χ3v) is 3.01. The van der Waals surface area contributed by atoms with E-state index in [1.165, 1.54) is 0 Å². The quantitative estimate of drug-likeness (QED) is 0.800. The first kappa shape index (κ1) is 12.7. The summed E-state index contributed by atoms with van der Waals surface area (Å²) in [4.78, 5) is 12.0. The molecule has 0 bridgehead atoms. The highest BCUT2D eigenvalue weighted by Gasteiger charge is 2.22. The van der Waals surface area contributed by atoms with Gasteiger partial charge in [0.2, 0.25) is 5.91 Å². The second kappa shape index (κ2) is 5.73. The number of nitrogens with one attached hydrogen (secondary N) is 1. The molecule has 1 saturated heterocycles. The van der Waals surface area contributed by atoms with Crippen LogP contribution >= 0.6 is 0 Å². The lowest BCUT2D eigenvalue weighted by Gasteiger charge is -2.21. The zero-order valence-corrected chi connectivity index (χ0v) is 10.4. The molecule has 3 N–H and O–H groups in total. The van der Waals surface area contributed by atoms with Gasteiger partial charge in [0.05, 0.1) is 25.3 Å². The second-order valence-corrected chi connectivity index (χ2v) is 4.36. The van der Waals surface area contributed by atoms with Crippen molar-refractivity contribution in [2.45, 2.75) is 12.8 Å². The van der Waals surface area contributed by atoms with Gasteiger partial charge in [-0.15, -0.1) is 0 Å². The molecule has 5 nitrogen and oxygen atoms in total. The number of carbonyl (C=O) groups excluding carboxylic acids is 1. The van der Waals surface area contributed by atoms with Crippen LogP contribution in [0.25, 0.3) is 0 Å². The van der Waals surface area contributed by atoms with E-state index in [2.05, 4.69) is 5.32 Å². The summed E-state index contributed by atoms with van der Waals surface area (Å²) in [5.41, 5.74) is 6.91. The van der Waals surface area contributed by atoms with Crippen molar-refractivity contribution in [2.24, 2.45) is 5.92 Å². The molecule has 0 aromatic heterocycles. The molecular weight excluding hydrogens is 232 g/mol. The summed E-state index contributed by atoms with van der Waals surface area (Å²) in [6.45, 7) is 1.23. The number of nitrogen functional groups attached to an aromatic ring is 1. The van der Waals surface area contributed by atoms with Gasteiger partial charge in [0, 0.05) is 18.4 Å². The predicted octanol–water partition coefficient (Wildman–Crippen LogP) is 1.64. The van der Waals surface area contributed by atoms with Crippen LogP contribution in [0.4, 0.5) is 11.4 Å². The van der Waals surface area contributed by atoms with Gasteiger partial charge in [0.1, 0.15) is 5.75 Å². The predicted molar refractivity (Wildman–Crippen MR) is 69.6 cm³/mol. The maximum atomic E-state index is 12.0. The van der Waals surface area contributed by atoms with Crippen molar-refractivity contribution in [2.75, 3.05) is 31.4 Å². The Bertz CT molecular complexity index is 428. The number of amides is 1. The Labute approximate surface area is 106 Å². The summed E-state index contributed by atoms with van der Waals surface area (Å²) >= 11 is 0. The molecule has 0 radical (unpaired) electrons. The van der Waals surface area contributed by atoms with Gasteiger partial charge in [0.25, 0.3) is 0 Å². The Morgan fingerprint density at radius 3 is 3.06 bits per heavy atom. The second-order valence-electron chi connectivity index (χ2n) is 4.36. The maximum absolute atomic E-state index is 12.0. The summed E-state index contributed by atoms with van der Waals surface area (Å²) < 4.78 is 10.5. The minimum atomic E-state index is -0.0824. The van der Waals surface area contributed by atoms with Crippen LogP contribution in [-0.2, 0) is 9.53 Å². The Morgan fingerprint density at radius 1 is 1.56 bits per heavy atom. The first-order valence-corrected chi connectivity index (χ1v) is 6.03. The summed E-state index contributed by atoms with van der Waals surface area (Å²) in [6, 6.07) is 5.16. The highest BCUT2D eigenvalue weighted by Crippen LogP contribution is 2.27. The van der Waals surface area contributed by atoms with Crippen molar-refractivity contribution in [1.82, 2.24) is 0 Å². The van der Waals surface area contributed by atoms with E-state index >= 15 is 0 Å². The summed E-state index contributed by atoms with van der Waals surface area (Å²) in [5.74, 6) is 0.457. The van der Waals surface area contributed by atoms with E-state index < -0.39 is 0 Å². The minimum Gasteiger partial charge on any atom is -0.494 e. The van der Waals surface area contributed by atoms with Crippen molar-refractivity contribution < 1.29 is 14.3 Å². The molecule has 1 aromatic rings. The molecule has 0 aliphatic carbocycles. The van der Waals surface area contributed by atoms with Gasteiger partial charge in [0.15, 0.2) is 0 Å². The lowest BCUT2D eigenvalue weighted by atomic mass is 10.0. The van der Waals surface area contributed by atoms with Crippen LogP contribution in [0, 0.1) is 5.92 Å². The summed E-state index contributed by atoms with van der Waals surface area (Å²) in [6.07, 6.45) is 1.79. The maximum Gasteiger partial charge on any atom is 0.229 e. The Hall–Kier alpha value is -1.75. The van der Waals surface area contributed by atoms with Crippen LogP contribution in [0.1, 0.15) is 12.8 Å². The standard InChI is InChI=1S/C13H18N2O3/c1-17-12-7-10(14)4-5-11(12)15-13(16)9-3-2-6-18-8-9/h4-5,7,9H,2-3,6,8,14H2,1H3,(H,15,16). The minimum absolute atomic E-state index is 0.0298. The van der Waals surface area contributed by atoms with Gasteiger partial charge in [-0.2, -0.15) is 0 Å². The molecule has 5 heteroatoms. The smallest absolute Gasteiger partial charge is 0.229 e. The molecule has 1 aromatic carbocycles. The molecule has 1 atom stereocenters. The van der Waals surface area contributed by atoms with E-state index in [0.717, 1.165) is 19.4 Å². The highest BCUT2D eigenvalue weighted by molar-refractivity contribution is 5.94. The van der Waals surface area contributed by atoms with E-state index in [4.69, 9.17) is 15.2 Å². The fourth-order valence-corrected chi connectivity index (χ4v) is 1.99. The molecule has 1 heterocycles. The summed E-state index contributed by atoms with van der Waals surface area (Å²) in [7, 11) is 1.55. The summed E-state index contributed by atoms with van der Waals surface area (Å²) in [5, 5.41) is 2.86. The van der Waals surface area contributed by atoms with Gasteiger partial charge < -0.3 is 20.5 Å². The van der Waals surface area contributed by atoms with Crippen LogP contribution in [0.5, 0.6) is 5.75 Å². The molecule has 1 aliphatic rings. The lowest BCUT2D eigenvalue weighted by molar-refractivity contribution is -0.123. The Kier molecular flexibility index (Phi) is 4.04. The van der Waals surface area contributed by atoms with Crippen LogP contribution in [0.15, 0.2) is 18.2 Å². The van der Waals surface area contributed by atoms with E-state index in [0.29, 0.717) is 23.7 Å². The lowest BCUT2D eigenvalue weighted by Crippen LogP contribution is -2.30. The van der Waals surface area contributed by atoms with E-state index in [-0.39, 0.29) is 11.8 Å². The van der Waals surface area contributed by atoms with E-state index in [1.807, 2.05) is 0 Å². The number of anilines is 2. The molecule has 18 heavy (non-hydrogen) atoms. The largest absolute Gasteiger partial charge is 0.494 e. The normalized spacial score (nSPS) is 19.3. The van der Waals surface area contributed by atoms with Crippen LogP contribution in [-0.4, -0.2) is 26.2 Å². The average molecular weight is 250 g/mol. The number of hydrogen-bond acceptors (Lipinski definition) is 4. The molecule has 1 amide bonds. The van der Waals surface area contributed by atoms with Crippen molar-refractivity contribution in [1.29, 1.82) is 0 Å². The topological polar surface area (TPSA) is 73.6 Å². The number of ether oxygens (including phenoxy) is 2. The fraction of sp³-hybridized carbons (Fsp3) is 0.462. The first-order chi connectivity index (χ1) is 8.70. The monoisotopic (exact) mass is 250 g/mol. The average Bonchev–Trinajstić information content (AvgIpc) is 2.41. The fourth-order valence-electron chi connectivity index (χ4n) is 1.99. The van der Waals surface area contributed by atoms with Crippen molar-refractivity contribution in [3.63, 3.8) is 0 Å². The van der Waals surface area contributed by atoms with Gasteiger partial charge in [-0.3, -0.25) is 4.79 Å². The van der Waals surface area contributed by atoms with E-state index in [1.54, 1.807) is 25.3 Å². The molecule has 1 unspecified atom stereocenters. The van der Waals surface area contributed by atoms with Crippen molar-refractivity contribution in [3.8, 4) is 5.75 Å². The van der Waals surface area contributed by atoms with Crippen molar-refractivity contribution in [3.05, 3.63) is 18.2 Å². The molecular formula is C13H18N2O3. The van der Waals surface area contributed by atoms with Gasteiger partial charge in [-0.1, -0.05) is 0 Å². The molecule has 0 saturated carbocycles. The molecule has 98 valence electrons. The van der Waals surface area contributed by atoms with Gasteiger partial charge in [-0.25, -0.2) is 0 Å². The van der Waals surface area contributed by atoms with Gasteiger partial charge in [-0.05, 0) is 25.0 Å². The number of hydrogen-bond donors (Lipinski definition) is 2. The molecule has 0 spiro atoms. The van der Waals surface area contributed by atoms with E-state index in [9.17, 15) is 4.79 Å². The highest BCUT2D eigenvalue weighted by atomic mass is 16.5. The number of methoxy groups -OCH3 is 1. The number of carbonyl (C=O) groups is 1. The molecule has 1 aliphatic heterocycles. The molecule has 2 rings (SSSR count). The third kappa shape index (κ3) is 2.92. The van der Waals surface area contributed by atoms with Gasteiger partial charge >= 0.3 is 0 Å². The van der Waals surface area contributed by atoms with Crippen LogP contribution in [0.3, 0.4) is 0 Å². The van der Waals surface area contributed by atoms with Crippen molar-refractivity contribution >= 4 is 17.3 Å². The number of nitrogens with two attached hydrogens (primary N) is 1. The Balaban J connectivity index is 2.06. The zero-order valence-electron chi connectivity index (χ0n) is 10.4. The molecule has 1 fully saturated rings. The SMILES string of the molecule is COc1cc(N)ccc1NC(=O)C1CCCOC1. The number of benzene rings is 1. The third-order valence-electron chi connectivity index (χ3n) is 3.01. The van der Waals surface area contributed by atoms with Crippen LogP contribution in [0.2, 0.25) is 0 Å². The zero-order chi connectivity index (χ0) is 13.0. The van der Waals surface area contributed by atoms with Crippen LogP contribution < -0.4 is 15.8 Å².